The monoisotopic (exact) mass is 304 g/mol. The van der Waals surface area contributed by atoms with Crippen LogP contribution in [0.25, 0.3) is 10.9 Å². The van der Waals surface area contributed by atoms with Crippen LogP contribution in [-0.2, 0) is 6.54 Å². The fourth-order valence-electron chi connectivity index (χ4n) is 2.57. The Morgan fingerprint density at radius 1 is 1.22 bits per heavy atom. The van der Waals surface area contributed by atoms with Crippen LogP contribution >= 0.6 is 15.9 Å². The van der Waals surface area contributed by atoms with Gasteiger partial charge in [0.2, 0.25) is 0 Å². The van der Waals surface area contributed by atoms with E-state index in [4.69, 9.17) is 4.98 Å². The normalized spacial score (nSPS) is 21.3. The van der Waals surface area contributed by atoms with E-state index >= 15 is 0 Å². The van der Waals surface area contributed by atoms with E-state index in [9.17, 15) is 0 Å². The maximum absolute atomic E-state index is 4.74. The van der Waals surface area contributed by atoms with Crippen molar-refractivity contribution in [2.45, 2.75) is 24.2 Å². The predicted molar refractivity (Wildman–Crippen MR) is 79.0 cm³/mol. The van der Waals surface area contributed by atoms with Crippen molar-refractivity contribution in [2.75, 3.05) is 13.1 Å². The number of benzene rings is 1. The molecule has 0 aliphatic carbocycles. The fraction of sp³-hybridized carbons (Fsp3) is 0.400. The minimum atomic E-state index is 0.645. The van der Waals surface area contributed by atoms with Crippen LogP contribution in [0.1, 0.15) is 18.5 Å². The minimum Gasteiger partial charge on any atom is -0.296 e. The first-order valence-corrected chi connectivity index (χ1v) is 7.44. The summed E-state index contributed by atoms with van der Waals surface area (Å²) >= 11 is 3.72. The summed E-state index contributed by atoms with van der Waals surface area (Å²) in [5.74, 6) is 0. The molecule has 18 heavy (non-hydrogen) atoms. The molecule has 3 rings (SSSR count). The quantitative estimate of drug-likeness (QED) is 0.788. The van der Waals surface area contributed by atoms with Crippen molar-refractivity contribution in [3.05, 3.63) is 42.1 Å². The summed E-state index contributed by atoms with van der Waals surface area (Å²) in [6.07, 6.45) is 2.57. The smallest absolute Gasteiger partial charge is 0.0705 e. The number of aromatic nitrogens is 1. The standard InChI is InChI=1S/C15H17BrN2/c16-13-5-3-9-18(10-13)11-14-8-7-12-4-1-2-6-15(12)17-14/h1-2,4,6-8,13H,3,5,9-11H2. The van der Waals surface area contributed by atoms with Crippen molar-refractivity contribution in [1.82, 2.24) is 9.88 Å². The van der Waals surface area contributed by atoms with Crippen LogP contribution < -0.4 is 0 Å². The molecule has 0 radical (unpaired) electrons. The van der Waals surface area contributed by atoms with Gasteiger partial charge in [0.1, 0.15) is 0 Å². The van der Waals surface area contributed by atoms with Gasteiger partial charge >= 0.3 is 0 Å². The molecule has 2 aromatic rings. The number of hydrogen-bond acceptors (Lipinski definition) is 2. The Kier molecular flexibility index (Phi) is 3.62. The van der Waals surface area contributed by atoms with Gasteiger partial charge in [-0.3, -0.25) is 9.88 Å². The molecule has 3 heteroatoms. The van der Waals surface area contributed by atoms with Gasteiger partial charge in [0.15, 0.2) is 0 Å². The van der Waals surface area contributed by atoms with Gasteiger partial charge < -0.3 is 0 Å². The topological polar surface area (TPSA) is 16.1 Å². The van der Waals surface area contributed by atoms with Crippen molar-refractivity contribution in [3.63, 3.8) is 0 Å². The highest BCUT2D eigenvalue weighted by Crippen LogP contribution is 2.19. The van der Waals surface area contributed by atoms with E-state index in [1.807, 2.05) is 0 Å². The Morgan fingerprint density at radius 2 is 2.11 bits per heavy atom. The number of halogens is 1. The summed E-state index contributed by atoms with van der Waals surface area (Å²) in [6, 6.07) is 12.6. The first kappa shape index (κ1) is 12.1. The number of likely N-dealkylation sites (tertiary alicyclic amines) is 1. The molecule has 0 bridgehead atoms. The SMILES string of the molecule is BrC1CCCN(Cc2ccc3ccccc3n2)C1. The number of nitrogens with zero attached hydrogens (tertiary/aromatic N) is 2. The third-order valence-electron chi connectivity index (χ3n) is 3.49. The maximum atomic E-state index is 4.74. The summed E-state index contributed by atoms with van der Waals surface area (Å²) in [5.41, 5.74) is 2.28. The predicted octanol–water partition coefficient (Wildman–Crippen LogP) is 3.59. The molecular formula is C15H17BrN2. The molecule has 2 nitrogen and oxygen atoms in total. The Hall–Kier alpha value is -0.930. The second-order valence-electron chi connectivity index (χ2n) is 4.97. The zero-order valence-electron chi connectivity index (χ0n) is 10.3. The molecule has 1 saturated heterocycles. The molecule has 0 N–H and O–H groups in total. The third-order valence-corrected chi connectivity index (χ3v) is 4.24. The van der Waals surface area contributed by atoms with E-state index in [-0.39, 0.29) is 0 Å². The molecule has 0 amide bonds. The lowest BCUT2D eigenvalue weighted by Crippen LogP contribution is -2.35. The molecule has 0 spiro atoms. The van der Waals surface area contributed by atoms with E-state index in [1.165, 1.54) is 30.5 Å². The van der Waals surface area contributed by atoms with Crippen LogP contribution in [-0.4, -0.2) is 27.8 Å². The van der Waals surface area contributed by atoms with Crippen LogP contribution in [0.2, 0.25) is 0 Å². The summed E-state index contributed by atoms with van der Waals surface area (Å²) < 4.78 is 0. The Balaban J connectivity index is 1.78. The number of pyridine rings is 1. The highest BCUT2D eigenvalue weighted by atomic mass is 79.9. The summed E-state index contributed by atoms with van der Waals surface area (Å²) in [7, 11) is 0. The molecule has 1 unspecified atom stereocenters. The van der Waals surface area contributed by atoms with E-state index in [0.29, 0.717) is 4.83 Å². The molecule has 1 aromatic heterocycles. The molecule has 1 aliphatic rings. The highest BCUT2D eigenvalue weighted by Gasteiger charge is 2.17. The second-order valence-corrected chi connectivity index (χ2v) is 6.26. The summed E-state index contributed by atoms with van der Waals surface area (Å²) in [6.45, 7) is 3.29. The van der Waals surface area contributed by atoms with Crippen molar-refractivity contribution in [1.29, 1.82) is 0 Å². The largest absolute Gasteiger partial charge is 0.296 e. The summed E-state index contributed by atoms with van der Waals surface area (Å²) in [5, 5.41) is 1.22. The number of para-hydroxylation sites is 1. The first-order valence-electron chi connectivity index (χ1n) is 6.52. The van der Waals surface area contributed by atoms with Gasteiger partial charge in [-0.05, 0) is 31.5 Å². The summed E-state index contributed by atoms with van der Waals surface area (Å²) in [4.78, 5) is 7.87. The van der Waals surface area contributed by atoms with E-state index in [2.05, 4.69) is 57.2 Å². The van der Waals surface area contributed by atoms with Crippen LogP contribution in [0.4, 0.5) is 0 Å². The van der Waals surface area contributed by atoms with E-state index in [0.717, 1.165) is 18.6 Å². The van der Waals surface area contributed by atoms with Gasteiger partial charge in [0.25, 0.3) is 0 Å². The Morgan fingerprint density at radius 3 is 3.00 bits per heavy atom. The lowest BCUT2D eigenvalue weighted by Gasteiger charge is -2.29. The van der Waals surface area contributed by atoms with Gasteiger partial charge in [0, 0.05) is 23.3 Å². The van der Waals surface area contributed by atoms with Crippen molar-refractivity contribution in [2.24, 2.45) is 0 Å². The lowest BCUT2D eigenvalue weighted by atomic mass is 10.1. The molecule has 0 saturated carbocycles. The molecule has 94 valence electrons. The van der Waals surface area contributed by atoms with Gasteiger partial charge in [-0.15, -0.1) is 0 Å². The number of alkyl halides is 1. The Labute approximate surface area is 116 Å². The van der Waals surface area contributed by atoms with Crippen LogP contribution in [0.15, 0.2) is 36.4 Å². The lowest BCUT2D eigenvalue weighted by molar-refractivity contribution is 0.225. The zero-order valence-corrected chi connectivity index (χ0v) is 11.9. The van der Waals surface area contributed by atoms with Gasteiger partial charge in [0.05, 0.1) is 11.2 Å². The number of hydrogen-bond donors (Lipinski definition) is 0. The average molecular weight is 305 g/mol. The van der Waals surface area contributed by atoms with Crippen LogP contribution in [0.3, 0.4) is 0 Å². The molecule has 1 atom stereocenters. The van der Waals surface area contributed by atoms with Gasteiger partial charge in [-0.2, -0.15) is 0 Å². The third kappa shape index (κ3) is 2.73. The number of fused-ring (bicyclic) bond motifs is 1. The van der Waals surface area contributed by atoms with Crippen LogP contribution in [0, 0.1) is 0 Å². The number of piperidine rings is 1. The van der Waals surface area contributed by atoms with Crippen molar-refractivity contribution in [3.8, 4) is 0 Å². The molecular weight excluding hydrogens is 288 g/mol. The van der Waals surface area contributed by atoms with Gasteiger partial charge in [-0.1, -0.05) is 40.2 Å². The van der Waals surface area contributed by atoms with E-state index in [1.54, 1.807) is 0 Å². The minimum absolute atomic E-state index is 0.645. The first-order chi connectivity index (χ1) is 8.81. The van der Waals surface area contributed by atoms with E-state index < -0.39 is 0 Å². The average Bonchev–Trinajstić information content (AvgIpc) is 2.39. The van der Waals surface area contributed by atoms with Crippen molar-refractivity contribution < 1.29 is 0 Å². The maximum Gasteiger partial charge on any atom is 0.0705 e. The van der Waals surface area contributed by atoms with Gasteiger partial charge in [-0.25, -0.2) is 0 Å². The fourth-order valence-corrected chi connectivity index (χ4v) is 3.30. The Bertz CT molecular complexity index is 541. The zero-order chi connectivity index (χ0) is 12.4. The molecule has 1 aromatic carbocycles. The molecule has 1 fully saturated rings. The second kappa shape index (κ2) is 5.37. The highest BCUT2D eigenvalue weighted by molar-refractivity contribution is 9.09. The van der Waals surface area contributed by atoms with Crippen molar-refractivity contribution >= 4 is 26.8 Å². The molecule has 1 aliphatic heterocycles. The number of rotatable bonds is 2. The van der Waals surface area contributed by atoms with Crippen LogP contribution in [0.5, 0.6) is 0 Å². The molecule has 2 heterocycles.